The Morgan fingerprint density at radius 2 is 1.76 bits per heavy atom. The summed E-state index contributed by atoms with van der Waals surface area (Å²) in [6, 6.07) is 9.86. The highest BCUT2D eigenvalue weighted by atomic mass is 16.5. The Kier molecular flexibility index (Phi) is 5.87. The quantitative estimate of drug-likeness (QED) is 0.294. The summed E-state index contributed by atoms with van der Waals surface area (Å²) in [5.74, 6) is -2.67. The van der Waals surface area contributed by atoms with Gasteiger partial charge in [0.1, 0.15) is 17.6 Å². The molecule has 2 aromatic carbocycles. The number of hydrogen-bond donors (Lipinski definition) is 3. The predicted octanol–water partition coefficient (Wildman–Crippen LogP) is 4.40. The van der Waals surface area contributed by atoms with Gasteiger partial charge in [0.2, 0.25) is 0 Å². The number of para-hydroxylation sites is 1. The maximum atomic E-state index is 13.2. The number of rotatable bonds is 6. The van der Waals surface area contributed by atoms with Gasteiger partial charge in [-0.05, 0) is 43.7 Å². The third-order valence-corrected chi connectivity index (χ3v) is 5.55. The Bertz CT molecular complexity index is 1340. The molecule has 1 heterocycles. The number of nitrogens with one attached hydrogen (secondary N) is 1. The number of H-pyrrole nitrogens is 1. The first kappa shape index (κ1) is 22.1. The van der Waals surface area contributed by atoms with Crippen molar-refractivity contribution in [1.29, 1.82) is 0 Å². The fraction of sp³-hybridized carbons (Fsp3) is 0.192. The van der Waals surface area contributed by atoms with Gasteiger partial charge in [0, 0.05) is 29.1 Å². The molecule has 4 rings (SSSR count). The number of ether oxygens (including phenoxy) is 1. The minimum Gasteiger partial charge on any atom is -0.507 e. The van der Waals surface area contributed by atoms with Crippen molar-refractivity contribution in [2.24, 2.45) is 0 Å². The highest BCUT2D eigenvalue weighted by molar-refractivity contribution is 6.27. The summed E-state index contributed by atoms with van der Waals surface area (Å²) in [6.07, 6.45) is 3.76. The topological polar surface area (TPSA) is 117 Å². The number of hydrogen-bond acceptors (Lipinski definition) is 6. The number of aromatic hydroxyl groups is 2. The molecule has 0 fully saturated rings. The molecule has 0 spiro atoms. The van der Waals surface area contributed by atoms with E-state index < -0.39 is 35.1 Å². The maximum Gasteiger partial charge on any atom is 0.310 e. The zero-order valence-corrected chi connectivity index (χ0v) is 18.2. The van der Waals surface area contributed by atoms with Crippen LogP contribution in [0.2, 0.25) is 0 Å². The van der Waals surface area contributed by atoms with Gasteiger partial charge >= 0.3 is 5.97 Å². The molecule has 1 aliphatic rings. The Labute approximate surface area is 190 Å². The van der Waals surface area contributed by atoms with Gasteiger partial charge in [0.15, 0.2) is 11.6 Å². The van der Waals surface area contributed by atoms with E-state index in [0.29, 0.717) is 0 Å². The molecule has 0 bridgehead atoms. The molecule has 1 aromatic heterocycles. The van der Waals surface area contributed by atoms with Crippen molar-refractivity contribution in [1.82, 2.24) is 4.98 Å². The second-order valence-electron chi connectivity index (χ2n) is 8.18. The molecule has 0 amide bonds. The highest BCUT2D eigenvalue weighted by Crippen LogP contribution is 2.36. The van der Waals surface area contributed by atoms with E-state index in [4.69, 9.17) is 4.74 Å². The van der Waals surface area contributed by atoms with E-state index in [2.05, 4.69) is 4.98 Å². The molecule has 0 unspecified atom stereocenters. The van der Waals surface area contributed by atoms with E-state index in [1.54, 1.807) is 12.3 Å². The van der Waals surface area contributed by atoms with Gasteiger partial charge in [0.25, 0.3) is 0 Å². The zero-order chi connectivity index (χ0) is 23.7. The van der Waals surface area contributed by atoms with Crippen molar-refractivity contribution < 1.29 is 29.3 Å². The predicted molar refractivity (Wildman–Crippen MR) is 122 cm³/mol. The van der Waals surface area contributed by atoms with Crippen LogP contribution in [0.5, 0.6) is 11.5 Å². The number of carbonyl (C=O) groups is 3. The number of phenolic OH excluding ortho intramolecular Hbond substituents is 2. The number of carbonyl (C=O) groups excluding carboxylic acids is 3. The van der Waals surface area contributed by atoms with Gasteiger partial charge in [-0.2, -0.15) is 0 Å². The van der Waals surface area contributed by atoms with Crippen LogP contribution < -0.4 is 0 Å². The molecule has 33 heavy (non-hydrogen) atoms. The van der Waals surface area contributed by atoms with E-state index in [1.165, 1.54) is 0 Å². The van der Waals surface area contributed by atoms with Gasteiger partial charge < -0.3 is 19.9 Å². The summed E-state index contributed by atoms with van der Waals surface area (Å²) in [7, 11) is 0. The molecule has 1 aliphatic carbocycles. The number of esters is 1. The summed E-state index contributed by atoms with van der Waals surface area (Å²) in [4.78, 5) is 41.8. The second-order valence-corrected chi connectivity index (χ2v) is 8.18. The molecule has 3 aromatic rings. The number of aromatic nitrogens is 1. The van der Waals surface area contributed by atoms with Crippen LogP contribution in [0, 0.1) is 0 Å². The van der Waals surface area contributed by atoms with Crippen LogP contribution in [0.4, 0.5) is 0 Å². The lowest BCUT2D eigenvalue weighted by Gasteiger charge is -2.23. The summed E-state index contributed by atoms with van der Waals surface area (Å²) in [5.41, 5.74) is 2.01. The normalized spacial score (nSPS) is 13.9. The summed E-state index contributed by atoms with van der Waals surface area (Å²) in [6.45, 7) is 3.73. The van der Waals surface area contributed by atoms with Gasteiger partial charge in [-0.25, -0.2) is 0 Å². The molecule has 0 saturated heterocycles. The number of benzene rings is 2. The van der Waals surface area contributed by atoms with Gasteiger partial charge in [-0.1, -0.05) is 29.8 Å². The van der Waals surface area contributed by atoms with Gasteiger partial charge in [-0.3, -0.25) is 14.4 Å². The monoisotopic (exact) mass is 445 g/mol. The van der Waals surface area contributed by atoms with Crippen LogP contribution in [0.15, 0.2) is 65.9 Å². The van der Waals surface area contributed by atoms with Crippen molar-refractivity contribution in [2.75, 3.05) is 0 Å². The molecule has 0 aliphatic heterocycles. The molecular weight excluding hydrogens is 422 g/mol. The maximum absolute atomic E-state index is 13.2. The van der Waals surface area contributed by atoms with Crippen molar-refractivity contribution in [3.8, 4) is 11.5 Å². The number of fused-ring (bicyclic) bond motifs is 2. The van der Waals surface area contributed by atoms with Crippen molar-refractivity contribution >= 4 is 28.4 Å². The molecular formula is C26H23NO6. The average molecular weight is 445 g/mol. The molecule has 168 valence electrons. The second kappa shape index (κ2) is 8.78. The first-order valence-corrected chi connectivity index (χ1v) is 10.5. The lowest BCUT2D eigenvalue weighted by atomic mass is 9.85. The van der Waals surface area contributed by atoms with Crippen LogP contribution in [0.1, 0.15) is 46.5 Å². The molecule has 3 N–H and O–H groups in total. The largest absolute Gasteiger partial charge is 0.507 e. The minimum atomic E-state index is -1.02. The van der Waals surface area contributed by atoms with E-state index in [1.807, 2.05) is 38.1 Å². The lowest BCUT2D eigenvalue weighted by Crippen LogP contribution is -2.29. The summed E-state index contributed by atoms with van der Waals surface area (Å²) in [5, 5.41) is 21.1. The smallest absolute Gasteiger partial charge is 0.310 e. The van der Waals surface area contributed by atoms with Crippen molar-refractivity contribution in [3.05, 3.63) is 82.6 Å². The fourth-order valence-corrected chi connectivity index (χ4v) is 3.94. The van der Waals surface area contributed by atoms with Crippen LogP contribution in [0.3, 0.4) is 0 Å². The Balaban J connectivity index is 1.64. The van der Waals surface area contributed by atoms with E-state index >= 15 is 0 Å². The zero-order valence-electron chi connectivity index (χ0n) is 18.2. The van der Waals surface area contributed by atoms with Crippen LogP contribution in [-0.2, 0) is 16.0 Å². The highest BCUT2D eigenvalue weighted by Gasteiger charge is 2.35. The van der Waals surface area contributed by atoms with E-state index in [-0.39, 0.29) is 29.5 Å². The molecule has 0 radical (unpaired) electrons. The first-order valence-electron chi connectivity index (χ1n) is 10.5. The van der Waals surface area contributed by atoms with Crippen molar-refractivity contribution in [2.45, 2.75) is 32.8 Å². The fourth-order valence-electron chi connectivity index (χ4n) is 3.94. The van der Waals surface area contributed by atoms with Crippen LogP contribution in [-0.4, -0.2) is 38.8 Å². The average Bonchev–Trinajstić information content (AvgIpc) is 3.18. The Hall–Kier alpha value is -4.13. The van der Waals surface area contributed by atoms with Gasteiger partial charge in [0.05, 0.1) is 17.5 Å². The molecule has 7 heteroatoms. The number of aromatic amines is 1. The molecule has 0 saturated carbocycles. The van der Waals surface area contributed by atoms with E-state index in [0.717, 1.165) is 40.2 Å². The standard InChI is InChI=1S/C26H23NO6/c1-14(2)7-10-22(33-23(31)11-15-13-27-18-6-4-3-5-16(15)18)17-12-21(30)24-19(28)8-9-20(29)25(24)26(17)32/h3-9,12-13,22,27-29H,10-11H2,1-2H3/t22-/m1/s1. The number of phenols is 2. The summed E-state index contributed by atoms with van der Waals surface area (Å²) >= 11 is 0. The first-order chi connectivity index (χ1) is 15.8. The third kappa shape index (κ3) is 4.30. The Morgan fingerprint density at radius 1 is 1.06 bits per heavy atom. The van der Waals surface area contributed by atoms with Crippen LogP contribution >= 0.6 is 0 Å². The lowest BCUT2D eigenvalue weighted by molar-refractivity contribution is -0.146. The number of ketones is 2. The van der Waals surface area contributed by atoms with Crippen molar-refractivity contribution in [3.63, 3.8) is 0 Å². The number of allylic oxidation sites excluding steroid dienone is 2. The van der Waals surface area contributed by atoms with Crippen LogP contribution in [0.25, 0.3) is 10.9 Å². The minimum absolute atomic E-state index is 0.0205. The molecule has 1 atom stereocenters. The Morgan fingerprint density at radius 3 is 2.48 bits per heavy atom. The molecule has 7 nitrogen and oxygen atoms in total. The third-order valence-electron chi connectivity index (χ3n) is 5.55. The summed E-state index contributed by atoms with van der Waals surface area (Å²) < 4.78 is 5.68. The van der Waals surface area contributed by atoms with E-state index in [9.17, 15) is 24.6 Å². The number of Topliss-reactive ketones (excluding diaryl/α,β-unsaturated/α-hetero) is 1. The van der Waals surface area contributed by atoms with Gasteiger partial charge in [-0.15, -0.1) is 0 Å². The SMILES string of the molecule is CC(C)=CC[C@@H](OC(=O)Cc1c[nH]c2ccccc12)C1=CC(=O)c2c(O)ccc(O)c2C1=O.